The van der Waals surface area contributed by atoms with Crippen LogP contribution >= 0.6 is 0 Å². The van der Waals surface area contributed by atoms with Crippen molar-refractivity contribution < 1.29 is 14.3 Å². The predicted molar refractivity (Wildman–Crippen MR) is 100 cm³/mol. The molecule has 1 aliphatic heterocycles. The van der Waals surface area contributed by atoms with E-state index in [0.717, 1.165) is 23.4 Å². The number of hydrogen-bond acceptors (Lipinski definition) is 5. The fourth-order valence-electron chi connectivity index (χ4n) is 4.03. The third kappa shape index (κ3) is 2.69. The Kier molecular flexibility index (Phi) is 3.78. The number of imidazole rings is 1. The van der Waals surface area contributed by atoms with Gasteiger partial charge in [0.15, 0.2) is 5.65 Å². The van der Waals surface area contributed by atoms with Crippen molar-refractivity contribution in [2.24, 2.45) is 0 Å². The normalized spacial score (nSPS) is 24.0. The molecule has 142 valence electrons. The van der Waals surface area contributed by atoms with Gasteiger partial charge in [-0.2, -0.15) is 5.10 Å². The third-order valence-corrected chi connectivity index (χ3v) is 5.51. The molecule has 3 amide bonds. The number of imide groups is 1. The van der Waals surface area contributed by atoms with E-state index in [1.54, 1.807) is 24.0 Å². The minimum absolute atomic E-state index is 0.234. The molecule has 1 saturated carbocycles. The number of hydrogen-bond donors (Lipinski definition) is 2. The lowest BCUT2D eigenvalue weighted by Gasteiger charge is -2.22. The molecule has 3 atom stereocenters. The Labute approximate surface area is 160 Å². The number of ether oxygens (including phenoxy) is 1. The van der Waals surface area contributed by atoms with Crippen LogP contribution in [0.1, 0.15) is 41.0 Å². The van der Waals surface area contributed by atoms with Gasteiger partial charge in [-0.1, -0.05) is 18.2 Å². The van der Waals surface area contributed by atoms with Crippen LogP contribution in [0.2, 0.25) is 0 Å². The van der Waals surface area contributed by atoms with Crippen LogP contribution in [0, 0.1) is 0 Å². The van der Waals surface area contributed by atoms with Crippen molar-refractivity contribution in [1.82, 2.24) is 25.2 Å². The molecular formula is C20H19N5O3. The van der Waals surface area contributed by atoms with E-state index in [-0.39, 0.29) is 18.4 Å². The number of benzene rings is 1. The van der Waals surface area contributed by atoms with E-state index in [4.69, 9.17) is 4.74 Å². The molecule has 2 fully saturated rings. The highest BCUT2D eigenvalue weighted by Crippen LogP contribution is 2.57. The lowest BCUT2D eigenvalue weighted by molar-refractivity contribution is -0.122. The zero-order chi connectivity index (χ0) is 19.3. The van der Waals surface area contributed by atoms with Crippen LogP contribution in [0.4, 0.5) is 4.79 Å². The van der Waals surface area contributed by atoms with Gasteiger partial charge in [0.05, 0.1) is 18.7 Å². The summed E-state index contributed by atoms with van der Waals surface area (Å²) in [6.07, 6.45) is 4.47. The fourth-order valence-corrected chi connectivity index (χ4v) is 4.03. The molecule has 2 aromatic heterocycles. The summed E-state index contributed by atoms with van der Waals surface area (Å²) in [5, 5.41) is 9.53. The second-order valence-corrected chi connectivity index (χ2v) is 7.16. The molecule has 5 rings (SSSR count). The van der Waals surface area contributed by atoms with Gasteiger partial charge < -0.3 is 10.1 Å². The zero-order valence-corrected chi connectivity index (χ0v) is 15.3. The molecule has 1 aliphatic carbocycles. The van der Waals surface area contributed by atoms with Gasteiger partial charge in [0.2, 0.25) is 5.91 Å². The van der Waals surface area contributed by atoms with Gasteiger partial charge in [0.25, 0.3) is 0 Å². The summed E-state index contributed by atoms with van der Waals surface area (Å²) in [6.45, 7) is 0.234. The number of carbonyl (C=O) groups is 2. The van der Waals surface area contributed by atoms with Crippen molar-refractivity contribution in [2.45, 2.75) is 24.2 Å². The van der Waals surface area contributed by atoms with Crippen molar-refractivity contribution in [3.8, 4) is 5.75 Å². The summed E-state index contributed by atoms with van der Waals surface area (Å²) in [5.74, 6) is 0.652. The summed E-state index contributed by atoms with van der Waals surface area (Å²) in [5.41, 5.74) is 3.67. The van der Waals surface area contributed by atoms with E-state index >= 15 is 0 Å². The minimum Gasteiger partial charge on any atom is -0.496 e. The molecule has 2 N–H and O–H groups in total. The number of aromatic nitrogens is 3. The highest BCUT2D eigenvalue weighted by molar-refractivity contribution is 6.00. The van der Waals surface area contributed by atoms with Crippen molar-refractivity contribution in [3.63, 3.8) is 0 Å². The fraction of sp³-hybridized carbons (Fsp3) is 0.300. The summed E-state index contributed by atoms with van der Waals surface area (Å²) in [6, 6.07) is 9.55. The highest BCUT2D eigenvalue weighted by Gasteiger charge is 2.43. The van der Waals surface area contributed by atoms with Crippen LogP contribution in [0.3, 0.4) is 0 Å². The van der Waals surface area contributed by atoms with Crippen LogP contribution < -0.4 is 15.4 Å². The number of amides is 3. The van der Waals surface area contributed by atoms with Gasteiger partial charge >= 0.3 is 6.03 Å². The Bertz CT molecular complexity index is 1090. The maximum absolute atomic E-state index is 12.3. The highest BCUT2D eigenvalue weighted by atomic mass is 16.5. The standard InChI is InChI=1S/C20H19N5O3/c1-28-17-5-3-2-4-11(17)12-8-13(12)14-9-16(24-25-7-6-21-18(14)25)15-10-22-20(27)23-19(15)26/h2-7,9,12-13,15H,8,10H2,1H3,(H2,22,23,26,27)/t12-,13+,15?/m1/s1. The smallest absolute Gasteiger partial charge is 0.321 e. The minimum atomic E-state index is -0.522. The van der Waals surface area contributed by atoms with Crippen molar-refractivity contribution in [2.75, 3.05) is 13.7 Å². The number of methoxy groups -OCH3 is 1. The maximum atomic E-state index is 12.3. The van der Waals surface area contributed by atoms with E-state index < -0.39 is 11.9 Å². The zero-order valence-electron chi connectivity index (χ0n) is 15.3. The van der Waals surface area contributed by atoms with Crippen LogP contribution in [0.5, 0.6) is 5.75 Å². The molecule has 3 aromatic rings. The molecular weight excluding hydrogens is 358 g/mol. The van der Waals surface area contributed by atoms with E-state index in [2.05, 4.69) is 26.8 Å². The number of rotatable bonds is 4. The van der Waals surface area contributed by atoms with Gasteiger partial charge in [-0.3, -0.25) is 10.1 Å². The Balaban J connectivity index is 1.53. The lowest BCUT2D eigenvalue weighted by Crippen LogP contribution is -2.51. The molecule has 1 aromatic carbocycles. The number of para-hydroxylation sites is 1. The van der Waals surface area contributed by atoms with Gasteiger partial charge in [0, 0.05) is 24.5 Å². The first-order valence-corrected chi connectivity index (χ1v) is 9.21. The third-order valence-electron chi connectivity index (χ3n) is 5.51. The second kappa shape index (κ2) is 6.33. The SMILES string of the molecule is COc1ccccc1[C@H]1C[C@@H]1c1cc(C2CNC(=O)NC2=O)nn2ccnc12. The largest absolute Gasteiger partial charge is 0.496 e. The van der Waals surface area contributed by atoms with Gasteiger partial charge in [-0.25, -0.2) is 14.3 Å². The molecule has 3 heterocycles. The number of fused-ring (bicyclic) bond motifs is 1. The summed E-state index contributed by atoms with van der Waals surface area (Å²) >= 11 is 0. The quantitative estimate of drug-likeness (QED) is 0.724. The average Bonchev–Trinajstić information content (AvgIpc) is 3.35. The molecule has 28 heavy (non-hydrogen) atoms. The number of urea groups is 1. The van der Waals surface area contributed by atoms with Crippen molar-refractivity contribution >= 4 is 17.6 Å². The maximum Gasteiger partial charge on any atom is 0.321 e. The Morgan fingerprint density at radius 2 is 2.00 bits per heavy atom. The molecule has 0 spiro atoms. The average molecular weight is 377 g/mol. The first kappa shape index (κ1) is 16.7. The monoisotopic (exact) mass is 377 g/mol. The topological polar surface area (TPSA) is 97.6 Å². The van der Waals surface area contributed by atoms with Crippen LogP contribution in [0.15, 0.2) is 42.7 Å². The molecule has 0 radical (unpaired) electrons. The summed E-state index contributed by atoms with van der Waals surface area (Å²) < 4.78 is 7.23. The first-order valence-electron chi connectivity index (χ1n) is 9.21. The first-order chi connectivity index (χ1) is 13.7. The van der Waals surface area contributed by atoms with Gasteiger partial charge in [0.1, 0.15) is 5.75 Å². The van der Waals surface area contributed by atoms with Crippen LogP contribution in [-0.4, -0.2) is 40.2 Å². The second-order valence-electron chi connectivity index (χ2n) is 7.16. The van der Waals surface area contributed by atoms with Gasteiger partial charge in [-0.15, -0.1) is 0 Å². The molecule has 2 aliphatic rings. The predicted octanol–water partition coefficient (Wildman–Crippen LogP) is 1.93. The number of nitrogens with zero attached hydrogens (tertiary/aromatic N) is 3. The molecule has 0 bridgehead atoms. The number of nitrogens with one attached hydrogen (secondary N) is 2. The van der Waals surface area contributed by atoms with E-state index in [0.29, 0.717) is 11.6 Å². The van der Waals surface area contributed by atoms with Crippen molar-refractivity contribution in [1.29, 1.82) is 0 Å². The van der Waals surface area contributed by atoms with Crippen LogP contribution in [0.25, 0.3) is 5.65 Å². The van der Waals surface area contributed by atoms with E-state index in [9.17, 15) is 9.59 Å². The Morgan fingerprint density at radius 1 is 1.18 bits per heavy atom. The lowest BCUT2D eigenvalue weighted by atomic mass is 9.99. The molecule has 8 heteroatoms. The van der Waals surface area contributed by atoms with Crippen LogP contribution in [-0.2, 0) is 4.79 Å². The van der Waals surface area contributed by atoms with E-state index in [1.807, 2.05) is 24.3 Å². The Morgan fingerprint density at radius 3 is 2.82 bits per heavy atom. The summed E-state index contributed by atoms with van der Waals surface area (Å²) in [4.78, 5) is 28.1. The molecule has 1 saturated heterocycles. The molecule has 8 nitrogen and oxygen atoms in total. The van der Waals surface area contributed by atoms with Crippen molar-refractivity contribution in [3.05, 3.63) is 59.5 Å². The Hall–Kier alpha value is -3.42. The van der Waals surface area contributed by atoms with E-state index in [1.165, 1.54) is 5.56 Å². The number of carbonyl (C=O) groups excluding carboxylic acids is 2. The van der Waals surface area contributed by atoms with Gasteiger partial charge in [-0.05, 0) is 36.0 Å². The summed E-state index contributed by atoms with van der Waals surface area (Å²) in [7, 11) is 1.68. The molecule has 1 unspecified atom stereocenters.